The molecule has 0 atom stereocenters. The predicted octanol–water partition coefficient (Wildman–Crippen LogP) is 3.39. The molecule has 0 saturated carbocycles. The zero-order valence-electron chi connectivity index (χ0n) is 17.4. The van der Waals surface area contributed by atoms with Gasteiger partial charge in [-0.3, -0.25) is 19.2 Å². The van der Waals surface area contributed by atoms with Gasteiger partial charge in [-0.05, 0) is 49.4 Å². The number of nitrogens with one attached hydrogen (secondary N) is 1. The minimum Gasteiger partial charge on any atom is -0.271 e. The van der Waals surface area contributed by atoms with Gasteiger partial charge in [0.15, 0.2) is 0 Å². The van der Waals surface area contributed by atoms with E-state index in [1.807, 2.05) is 0 Å². The summed E-state index contributed by atoms with van der Waals surface area (Å²) in [6, 6.07) is 16.5. The molecule has 0 radical (unpaired) electrons. The normalized spacial score (nSPS) is 11.3. The van der Waals surface area contributed by atoms with E-state index in [1.165, 1.54) is 42.5 Å². The van der Waals surface area contributed by atoms with Crippen molar-refractivity contribution in [1.82, 2.24) is 5.43 Å². The lowest BCUT2D eigenvalue weighted by Gasteiger charge is -2.23. The lowest BCUT2D eigenvalue weighted by Crippen LogP contribution is -2.39. The molecule has 1 N–H and O–H groups in total. The number of benzene rings is 3. The molecule has 11 heteroatoms. The Hall–Kier alpha value is -4.12. The molecule has 3 aromatic carbocycles. The van der Waals surface area contributed by atoms with Crippen LogP contribution in [0.2, 0.25) is 0 Å². The molecular formula is C22H19FN4O5S. The molecule has 0 aromatic heterocycles. The fourth-order valence-electron chi connectivity index (χ4n) is 2.86. The zero-order valence-corrected chi connectivity index (χ0v) is 18.2. The van der Waals surface area contributed by atoms with Crippen LogP contribution in [0.15, 0.2) is 82.8 Å². The Morgan fingerprint density at radius 3 is 2.36 bits per heavy atom. The number of sulfonamides is 1. The van der Waals surface area contributed by atoms with Gasteiger partial charge in [0.1, 0.15) is 12.4 Å². The molecular weight excluding hydrogens is 451 g/mol. The molecule has 0 unspecified atom stereocenters. The van der Waals surface area contributed by atoms with Gasteiger partial charge in [0, 0.05) is 6.07 Å². The van der Waals surface area contributed by atoms with Crippen molar-refractivity contribution >= 4 is 33.5 Å². The Bertz CT molecular complexity index is 1290. The predicted molar refractivity (Wildman–Crippen MR) is 121 cm³/mol. The number of hydrazone groups is 1. The van der Waals surface area contributed by atoms with E-state index in [4.69, 9.17) is 0 Å². The van der Waals surface area contributed by atoms with Gasteiger partial charge in [-0.1, -0.05) is 29.8 Å². The van der Waals surface area contributed by atoms with Gasteiger partial charge in [0.05, 0.1) is 27.3 Å². The zero-order chi connectivity index (χ0) is 24.0. The molecule has 3 aromatic rings. The highest BCUT2D eigenvalue weighted by molar-refractivity contribution is 7.92. The summed E-state index contributed by atoms with van der Waals surface area (Å²) in [4.78, 5) is 22.9. The third kappa shape index (κ3) is 5.77. The van der Waals surface area contributed by atoms with Crippen LogP contribution in [0.25, 0.3) is 0 Å². The number of carbonyl (C=O) groups excluding carboxylic acids is 1. The number of halogens is 1. The fourth-order valence-corrected chi connectivity index (χ4v) is 4.28. The van der Waals surface area contributed by atoms with Gasteiger partial charge in [0.25, 0.3) is 21.6 Å². The monoisotopic (exact) mass is 470 g/mol. The summed E-state index contributed by atoms with van der Waals surface area (Å²) in [7, 11) is -4.17. The number of carbonyl (C=O) groups is 1. The molecule has 0 bridgehead atoms. The van der Waals surface area contributed by atoms with E-state index in [-0.39, 0.29) is 21.8 Å². The van der Waals surface area contributed by atoms with E-state index in [1.54, 1.807) is 25.1 Å². The van der Waals surface area contributed by atoms with E-state index in [0.29, 0.717) is 0 Å². The van der Waals surface area contributed by atoms with Crippen LogP contribution in [0.1, 0.15) is 11.1 Å². The maximum absolute atomic E-state index is 13.4. The van der Waals surface area contributed by atoms with Crippen molar-refractivity contribution in [3.63, 3.8) is 0 Å². The molecule has 170 valence electrons. The topological polar surface area (TPSA) is 122 Å². The van der Waals surface area contributed by atoms with E-state index in [9.17, 15) is 27.7 Å². The van der Waals surface area contributed by atoms with Crippen molar-refractivity contribution in [2.45, 2.75) is 11.8 Å². The number of nitro groups is 1. The highest BCUT2D eigenvalue weighted by atomic mass is 32.2. The van der Waals surface area contributed by atoms with Crippen molar-refractivity contribution in [3.05, 3.63) is 99.9 Å². The Morgan fingerprint density at radius 2 is 1.73 bits per heavy atom. The molecule has 0 aliphatic carbocycles. The van der Waals surface area contributed by atoms with Crippen LogP contribution in [0.3, 0.4) is 0 Å². The number of hydrogen-bond acceptors (Lipinski definition) is 6. The van der Waals surface area contributed by atoms with Crippen molar-refractivity contribution in [2.75, 3.05) is 10.8 Å². The minimum absolute atomic E-state index is 0.0476. The van der Waals surface area contributed by atoms with Crippen LogP contribution in [-0.2, 0) is 14.8 Å². The maximum atomic E-state index is 13.4. The number of anilines is 1. The Labute approximate surface area is 189 Å². The largest absolute Gasteiger partial charge is 0.278 e. The first-order chi connectivity index (χ1) is 15.7. The second kappa shape index (κ2) is 10.0. The first-order valence-electron chi connectivity index (χ1n) is 9.59. The Balaban J connectivity index is 1.85. The number of amides is 1. The van der Waals surface area contributed by atoms with Crippen molar-refractivity contribution in [2.24, 2.45) is 5.10 Å². The number of hydrogen-bond donors (Lipinski definition) is 1. The summed E-state index contributed by atoms with van der Waals surface area (Å²) >= 11 is 0. The average Bonchev–Trinajstić information content (AvgIpc) is 2.78. The number of para-hydroxylation sites is 1. The molecule has 3 rings (SSSR count). The number of aryl methyl sites for hydroxylation is 1. The molecule has 0 aliphatic heterocycles. The second-order valence-corrected chi connectivity index (χ2v) is 8.77. The van der Waals surface area contributed by atoms with Crippen LogP contribution in [0.5, 0.6) is 0 Å². The standard InChI is InChI=1S/C22H19FN4O5S/c1-16-6-12-20(13-7-16)33(31,32)26(19-10-8-18(23)9-11-19)15-22(28)25-24-14-17-4-2-3-5-21(17)27(29)30/h2-14H,15H2,1H3,(H,25,28)/b24-14-. The van der Waals surface area contributed by atoms with Crippen molar-refractivity contribution in [3.8, 4) is 0 Å². The summed E-state index contributed by atoms with van der Waals surface area (Å²) < 4.78 is 40.6. The molecule has 1 amide bonds. The Kier molecular flexibility index (Phi) is 7.13. The smallest absolute Gasteiger partial charge is 0.271 e. The van der Waals surface area contributed by atoms with Crippen LogP contribution >= 0.6 is 0 Å². The van der Waals surface area contributed by atoms with E-state index in [2.05, 4.69) is 10.5 Å². The van der Waals surface area contributed by atoms with Crippen LogP contribution in [-0.4, -0.2) is 32.0 Å². The van der Waals surface area contributed by atoms with Crippen LogP contribution in [0, 0.1) is 22.9 Å². The molecule has 0 heterocycles. The van der Waals surface area contributed by atoms with Gasteiger partial charge < -0.3 is 0 Å². The van der Waals surface area contributed by atoms with Gasteiger partial charge in [-0.2, -0.15) is 5.10 Å². The highest BCUT2D eigenvalue weighted by Gasteiger charge is 2.27. The van der Waals surface area contributed by atoms with Crippen LogP contribution < -0.4 is 9.73 Å². The van der Waals surface area contributed by atoms with Crippen molar-refractivity contribution in [1.29, 1.82) is 0 Å². The molecule has 0 fully saturated rings. The molecule has 33 heavy (non-hydrogen) atoms. The molecule has 0 saturated heterocycles. The number of nitro benzene ring substituents is 1. The summed E-state index contributed by atoms with van der Waals surface area (Å²) in [6.07, 6.45) is 1.09. The number of nitrogens with zero attached hydrogens (tertiary/aromatic N) is 3. The lowest BCUT2D eigenvalue weighted by molar-refractivity contribution is -0.385. The first-order valence-corrected chi connectivity index (χ1v) is 11.0. The highest BCUT2D eigenvalue weighted by Crippen LogP contribution is 2.24. The molecule has 0 aliphatic rings. The average molecular weight is 470 g/mol. The van der Waals surface area contributed by atoms with E-state index >= 15 is 0 Å². The summed E-state index contributed by atoms with van der Waals surface area (Å²) in [5.74, 6) is -1.37. The quantitative estimate of drug-likeness (QED) is 0.307. The maximum Gasteiger partial charge on any atom is 0.278 e. The third-order valence-electron chi connectivity index (χ3n) is 4.54. The Morgan fingerprint density at radius 1 is 1.09 bits per heavy atom. The fraction of sp³-hybridized carbons (Fsp3) is 0.0909. The minimum atomic E-state index is -4.17. The van der Waals surface area contributed by atoms with Gasteiger partial charge in [-0.25, -0.2) is 18.2 Å². The third-order valence-corrected chi connectivity index (χ3v) is 6.33. The number of rotatable bonds is 8. The lowest BCUT2D eigenvalue weighted by atomic mass is 10.2. The molecule has 9 nitrogen and oxygen atoms in total. The van der Waals surface area contributed by atoms with Crippen molar-refractivity contribution < 1.29 is 22.5 Å². The summed E-state index contributed by atoms with van der Waals surface area (Å²) in [5, 5.41) is 14.8. The van der Waals surface area contributed by atoms with E-state index < -0.39 is 33.2 Å². The van der Waals surface area contributed by atoms with Gasteiger partial charge >= 0.3 is 0 Å². The van der Waals surface area contributed by atoms with Gasteiger partial charge in [0.2, 0.25) is 0 Å². The van der Waals surface area contributed by atoms with Gasteiger partial charge in [-0.15, -0.1) is 0 Å². The summed E-state index contributed by atoms with van der Waals surface area (Å²) in [5.41, 5.74) is 3.05. The van der Waals surface area contributed by atoms with E-state index in [0.717, 1.165) is 28.2 Å². The first kappa shape index (κ1) is 23.5. The SMILES string of the molecule is Cc1ccc(S(=O)(=O)N(CC(=O)N/N=C\c2ccccc2[N+](=O)[O-])c2ccc(F)cc2)cc1. The molecule has 0 spiro atoms. The van der Waals surface area contributed by atoms with Crippen LogP contribution in [0.4, 0.5) is 15.8 Å². The second-order valence-electron chi connectivity index (χ2n) is 6.91. The summed E-state index contributed by atoms with van der Waals surface area (Å²) in [6.45, 7) is 1.15.